The number of ether oxygens (including phenoxy) is 1. The van der Waals surface area contributed by atoms with E-state index in [9.17, 15) is 0 Å². The summed E-state index contributed by atoms with van der Waals surface area (Å²) in [6.07, 6.45) is 0.149. The first-order chi connectivity index (χ1) is 7.54. The fraction of sp³-hybridized carbons (Fsp3) is 0.571. The molecule has 0 radical (unpaired) electrons. The van der Waals surface area contributed by atoms with E-state index in [1.165, 1.54) is 11.3 Å². The van der Waals surface area contributed by atoms with E-state index in [0.29, 0.717) is 12.0 Å². The van der Waals surface area contributed by atoms with Crippen molar-refractivity contribution < 1.29 is 4.74 Å². The van der Waals surface area contributed by atoms with Crippen molar-refractivity contribution in [2.24, 2.45) is 5.92 Å². The molecule has 0 aromatic heterocycles. The van der Waals surface area contributed by atoms with E-state index >= 15 is 0 Å². The summed E-state index contributed by atoms with van der Waals surface area (Å²) in [5.41, 5.74) is 2.38. The van der Waals surface area contributed by atoms with Gasteiger partial charge in [0.2, 0.25) is 0 Å². The molecule has 2 nitrogen and oxygen atoms in total. The van der Waals surface area contributed by atoms with Gasteiger partial charge in [0.1, 0.15) is 0 Å². The third-order valence-corrected chi connectivity index (χ3v) is 3.10. The maximum Gasteiger partial charge on any atom is 0.0793 e. The van der Waals surface area contributed by atoms with Crippen LogP contribution >= 0.6 is 0 Å². The van der Waals surface area contributed by atoms with Crippen molar-refractivity contribution in [3.05, 3.63) is 29.8 Å². The first-order valence-electron chi connectivity index (χ1n) is 5.94. The number of rotatable bonds is 5. The average molecular weight is 221 g/mol. The van der Waals surface area contributed by atoms with E-state index in [2.05, 4.69) is 57.3 Å². The molecular weight excluding hydrogens is 198 g/mol. The Morgan fingerprint density at radius 2 is 1.81 bits per heavy atom. The summed E-state index contributed by atoms with van der Waals surface area (Å²) in [6.45, 7) is 8.71. The Balaban J connectivity index is 2.74. The van der Waals surface area contributed by atoms with Crippen LogP contribution < -0.4 is 5.32 Å². The molecule has 0 spiro atoms. The van der Waals surface area contributed by atoms with Crippen molar-refractivity contribution >= 4 is 5.69 Å². The SMILES string of the molecule is COC(C)c1cccc(NC(C)C(C)C)c1. The highest BCUT2D eigenvalue weighted by atomic mass is 16.5. The van der Waals surface area contributed by atoms with E-state index in [-0.39, 0.29) is 6.10 Å². The maximum absolute atomic E-state index is 5.32. The number of hydrogen-bond donors (Lipinski definition) is 1. The van der Waals surface area contributed by atoms with Gasteiger partial charge in [-0.25, -0.2) is 0 Å². The summed E-state index contributed by atoms with van der Waals surface area (Å²) in [5, 5.41) is 3.51. The Bertz CT molecular complexity index is 322. The van der Waals surface area contributed by atoms with Crippen LogP contribution in [0.5, 0.6) is 0 Å². The molecule has 0 aliphatic rings. The molecule has 0 bridgehead atoms. The zero-order valence-electron chi connectivity index (χ0n) is 10.9. The third-order valence-electron chi connectivity index (χ3n) is 3.10. The van der Waals surface area contributed by atoms with Crippen molar-refractivity contribution in [1.29, 1.82) is 0 Å². The molecule has 2 unspecified atom stereocenters. The van der Waals surface area contributed by atoms with E-state index in [1.54, 1.807) is 7.11 Å². The van der Waals surface area contributed by atoms with E-state index in [1.807, 2.05) is 0 Å². The average Bonchev–Trinajstić information content (AvgIpc) is 2.28. The summed E-state index contributed by atoms with van der Waals surface area (Å²) in [7, 11) is 1.74. The lowest BCUT2D eigenvalue weighted by molar-refractivity contribution is 0.119. The molecule has 2 heteroatoms. The zero-order valence-corrected chi connectivity index (χ0v) is 10.9. The predicted octanol–water partition coefficient (Wildman–Crippen LogP) is 3.85. The standard InChI is InChI=1S/C14H23NO/c1-10(2)11(3)15-14-8-6-7-13(9-14)12(4)16-5/h6-12,15H,1-5H3. The molecule has 0 heterocycles. The number of benzene rings is 1. The van der Waals surface area contributed by atoms with Crippen molar-refractivity contribution in [1.82, 2.24) is 0 Å². The van der Waals surface area contributed by atoms with E-state index in [0.717, 1.165) is 0 Å². The maximum atomic E-state index is 5.32. The van der Waals surface area contributed by atoms with Gasteiger partial charge in [-0.3, -0.25) is 0 Å². The summed E-state index contributed by atoms with van der Waals surface area (Å²) in [4.78, 5) is 0. The highest BCUT2D eigenvalue weighted by Gasteiger charge is 2.08. The highest BCUT2D eigenvalue weighted by molar-refractivity contribution is 5.47. The Labute approximate surface area is 99.0 Å². The van der Waals surface area contributed by atoms with Crippen LogP contribution in [0, 0.1) is 5.92 Å². The van der Waals surface area contributed by atoms with Crippen LogP contribution in [0.25, 0.3) is 0 Å². The van der Waals surface area contributed by atoms with Crippen molar-refractivity contribution in [3.8, 4) is 0 Å². The van der Waals surface area contributed by atoms with Crippen LogP contribution in [0.15, 0.2) is 24.3 Å². The molecule has 0 aliphatic heterocycles. The molecule has 0 saturated carbocycles. The van der Waals surface area contributed by atoms with Gasteiger partial charge in [0.05, 0.1) is 6.10 Å². The van der Waals surface area contributed by atoms with Crippen LogP contribution in [0.1, 0.15) is 39.4 Å². The molecule has 90 valence electrons. The normalized spacial score (nSPS) is 14.9. The van der Waals surface area contributed by atoms with E-state index in [4.69, 9.17) is 4.74 Å². The number of hydrogen-bond acceptors (Lipinski definition) is 2. The number of methoxy groups -OCH3 is 1. The van der Waals surface area contributed by atoms with Gasteiger partial charge in [0.25, 0.3) is 0 Å². The zero-order chi connectivity index (χ0) is 12.1. The molecule has 0 amide bonds. The van der Waals surface area contributed by atoms with Crippen LogP contribution in [0.3, 0.4) is 0 Å². The number of anilines is 1. The van der Waals surface area contributed by atoms with Gasteiger partial charge in [-0.2, -0.15) is 0 Å². The monoisotopic (exact) mass is 221 g/mol. The molecule has 1 aromatic carbocycles. The molecule has 0 fully saturated rings. The van der Waals surface area contributed by atoms with Gasteiger partial charge in [0.15, 0.2) is 0 Å². The molecule has 0 aliphatic carbocycles. The van der Waals surface area contributed by atoms with Crippen molar-refractivity contribution in [2.75, 3.05) is 12.4 Å². The Kier molecular flexibility index (Phi) is 4.81. The second-order valence-electron chi connectivity index (χ2n) is 4.68. The first kappa shape index (κ1) is 13.0. The van der Waals surface area contributed by atoms with Crippen LogP contribution in [-0.4, -0.2) is 13.2 Å². The minimum Gasteiger partial charge on any atom is -0.382 e. The van der Waals surface area contributed by atoms with Gasteiger partial charge >= 0.3 is 0 Å². The van der Waals surface area contributed by atoms with Gasteiger partial charge in [-0.1, -0.05) is 26.0 Å². The van der Waals surface area contributed by atoms with E-state index < -0.39 is 0 Å². The van der Waals surface area contributed by atoms with Gasteiger partial charge < -0.3 is 10.1 Å². The fourth-order valence-corrected chi connectivity index (χ4v) is 1.45. The third kappa shape index (κ3) is 3.53. The fourth-order valence-electron chi connectivity index (χ4n) is 1.45. The van der Waals surface area contributed by atoms with Crippen molar-refractivity contribution in [3.63, 3.8) is 0 Å². The smallest absolute Gasteiger partial charge is 0.0793 e. The lowest BCUT2D eigenvalue weighted by Gasteiger charge is -2.20. The molecule has 16 heavy (non-hydrogen) atoms. The Morgan fingerprint density at radius 1 is 1.12 bits per heavy atom. The quantitative estimate of drug-likeness (QED) is 0.815. The Morgan fingerprint density at radius 3 is 2.38 bits per heavy atom. The van der Waals surface area contributed by atoms with Crippen LogP contribution in [-0.2, 0) is 4.74 Å². The lowest BCUT2D eigenvalue weighted by Crippen LogP contribution is -2.21. The molecular formula is C14H23NO. The summed E-state index contributed by atoms with van der Waals surface area (Å²) >= 11 is 0. The van der Waals surface area contributed by atoms with Gasteiger partial charge in [0, 0.05) is 18.8 Å². The molecule has 0 saturated heterocycles. The largest absolute Gasteiger partial charge is 0.382 e. The van der Waals surface area contributed by atoms with Crippen LogP contribution in [0.2, 0.25) is 0 Å². The number of nitrogens with one attached hydrogen (secondary N) is 1. The molecule has 1 N–H and O–H groups in total. The molecule has 1 rings (SSSR count). The lowest BCUT2D eigenvalue weighted by atomic mass is 10.1. The molecule has 2 atom stereocenters. The molecule has 1 aromatic rings. The Hall–Kier alpha value is -1.02. The summed E-state index contributed by atoms with van der Waals surface area (Å²) < 4.78 is 5.32. The topological polar surface area (TPSA) is 21.3 Å². The van der Waals surface area contributed by atoms with Crippen LogP contribution in [0.4, 0.5) is 5.69 Å². The minimum atomic E-state index is 0.149. The predicted molar refractivity (Wildman–Crippen MR) is 69.8 cm³/mol. The second-order valence-corrected chi connectivity index (χ2v) is 4.68. The summed E-state index contributed by atoms with van der Waals surface area (Å²) in [6, 6.07) is 8.91. The highest BCUT2D eigenvalue weighted by Crippen LogP contribution is 2.20. The minimum absolute atomic E-state index is 0.149. The first-order valence-corrected chi connectivity index (χ1v) is 5.94. The summed E-state index contributed by atoms with van der Waals surface area (Å²) in [5.74, 6) is 0.628. The van der Waals surface area contributed by atoms with Gasteiger partial charge in [-0.05, 0) is 37.5 Å². The van der Waals surface area contributed by atoms with Gasteiger partial charge in [-0.15, -0.1) is 0 Å². The van der Waals surface area contributed by atoms with Crippen molar-refractivity contribution in [2.45, 2.75) is 39.8 Å². The second kappa shape index (κ2) is 5.90.